The minimum atomic E-state index is -2.68. The van der Waals surface area contributed by atoms with E-state index in [1.54, 1.807) is 12.1 Å². The van der Waals surface area contributed by atoms with Crippen LogP contribution in [0.15, 0.2) is 35.1 Å². The number of para-hydroxylation sites is 1. The van der Waals surface area contributed by atoms with E-state index in [-0.39, 0.29) is 16.5 Å². The molecule has 0 aliphatic rings. The number of benzene rings is 1. The van der Waals surface area contributed by atoms with Gasteiger partial charge in [0.25, 0.3) is 12.0 Å². The van der Waals surface area contributed by atoms with Gasteiger partial charge in [-0.2, -0.15) is 0 Å². The molecule has 2 aromatic rings. The molecule has 18 heavy (non-hydrogen) atoms. The lowest BCUT2D eigenvalue weighted by Crippen LogP contribution is -2.24. The molecule has 0 amide bonds. The number of carboxylic acid groups (broad SMARTS) is 1. The summed E-state index contributed by atoms with van der Waals surface area (Å²) in [5, 5.41) is 9.25. The number of alkyl halides is 2. The fourth-order valence-corrected chi connectivity index (χ4v) is 1.84. The lowest BCUT2D eigenvalue weighted by atomic mass is 10.1. The summed E-state index contributed by atoms with van der Waals surface area (Å²) in [4.78, 5) is 22.7. The Balaban J connectivity index is 2.81. The van der Waals surface area contributed by atoms with Crippen LogP contribution in [0.4, 0.5) is 8.78 Å². The Morgan fingerprint density at radius 1 is 1.33 bits per heavy atom. The van der Waals surface area contributed by atoms with Gasteiger partial charge in [-0.25, -0.2) is 13.6 Å². The largest absolute Gasteiger partial charge is 0.478 e. The average molecular weight is 253 g/mol. The van der Waals surface area contributed by atoms with Gasteiger partial charge in [-0.3, -0.25) is 4.79 Å². The van der Waals surface area contributed by atoms with Gasteiger partial charge in [0.15, 0.2) is 0 Å². The van der Waals surface area contributed by atoms with Crippen LogP contribution in [0.3, 0.4) is 0 Å². The SMILES string of the molecule is O=C(O)c1cc(=O)n(CC(F)F)c2ccccc12. The van der Waals surface area contributed by atoms with Crippen molar-refractivity contribution in [3.8, 4) is 0 Å². The third-order valence-corrected chi connectivity index (χ3v) is 2.57. The molecule has 0 spiro atoms. The molecule has 1 N–H and O–H groups in total. The highest BCUT2D eigenvalue weighted by Crippen LogP contribution is 2.17. The molecule has 0 aliphatic heterocycles. The van der Waals surface area contributed by atoms with Crippen LogP contribution in [-0.2, 0) is 6.54 Å². The molecule has 0 atom stereocenters. The van der Waals surface area contributed by atoms with Gasteiger partial charge in [0.2, 0.25) is 0 Å². The van der Waals surface area contributed by atoms with Crippen LogP contribution in [-0.4, -0.2) is 22.1 Å². The zero-order valence-electron chi connectivity index (χ0n) is 9.14. The number of rotatable bonds is 3. The predicted molar refractivity (Wildman–Crippen MR) is 61.2 cm³/mol. The maximum absolute atomic E-state index is 12.4. The monoisotopic (exact) mass is 253 g/mol. The molecule has 0 unspecified atom stereocenters. The fourth-order valence-electron chi connectivity index (χ4n) is 1.84. The first-order chi connectivity index (χ1) is 8.50. The van der Waals surface area contributed by atoms with Crippen LogP contribution in [0.1, 0.15) is 10.4 Å². The van der Waals surface area contributed by atoms with Crippen LogP contribution in [0.5, 0.6) is 0 Å². The van der Waals surface area contributed by atoms with Crippen molar-refractivity contribution in [2.24, 2.45) is 0 Å². The second kappa shape index (κ2) is 4.56. The molecular formula is C12H9F2NO3. The zero-order chi connectivity index (χ0) is 13.3. The van der Waals surface area contributed by atoms with E-state index in [0.717, 1.165) is 10.6 Å². The third-order valence-electron chi connectivity index (χ3n) is 2.57. The Bertz CT molecular complexity index is 664. The van der Waals surface area contributed by atoms with Crippen molar-refractivity contribution in [2.45, 2.75) is 13.0 Å². The molecular weight excluding hydrogens is 244 g/mol. The number of pyridine rings is 1. The van der Waals surface area contributed by atoms with Gasteiger partial charge in [0.05, 0.1) is 17.6 Å². The fraction of sp³-hybridized carbons (Fsp3) is 0.167. The van der Waals surface area contributed by atoms with Crippen molar-refractivity contribution in [3.63, 3.8) is 0 Å². The van der Waals surface area contributed by atoms with Crippen LogP contribution >= 0.6 is 0 Å². The number of hydrogen-bond donors (Lipinski definition) is 1. The summed E-state index contributed by atoms with van der Waals surface area (Å²) in [5.41, 5.74) is -0.727. The maximum atomic E-state index is 12.4. The molecule has 0 radical (unpaired) electrons. The first-order valence-corrected chi connectivity index (χ1v) is 5.14. The third kappa shape index (κ3) is 2.09. The summed E-state index contributed by atoms with van der Waals surface area (Å²) in [6, 6.07) is 6.96. The summed E-state index contributed by atoms with van der Waals surface area (Å²) in [6.45, 7) is -0.751. The topological polar surface area (TPSA) is 59.3 Å². The van der Waals surface area contributed by atoms with Crippen molar-refractivity contribution >= 4 is 16.9 Å². The highest BCUT2D eigenvalue weighted by Gasteiger charge is 2.15. The highest BCUT2D eigenvalue weighted by molar-refractivity contribution is 6.02. The van der Waals surface area contributed by atoms with E-state index in [9.17, 15) is 18.4 Å². The molecule has 1 aromatic heterocycles. The van der Waals surface area contributed by atoms with Gasteiger partial charge < -0.3 is 9.67 Å². The number of aromatic carboxylic acids is 1. The Morgan fingerprint density at radius 2 is 2.00 bits per heavy atom. The number of fused-ring (bicyclic) bond motifs is 1. The number of halogens is 2. The highest BCUT2D eigenvalue weighted by atomic mass is 19.3. The van der Waals surface area contributed by atoms with E-state index < -0.39 is 24.5 Å². The van der Waals surface area contributed by atoms with Crippen LogP contribution in [0, 0.1) is 0 Å². The van der Waals surface area contributed by atoms with E-state index in [1.165, 1.54) is 12.1 Å². The molecule has 0 fully saturated rings. The van der Waals surface area contributed by atoms with Gasteiger partial charge in [0, 0.05) is 11.5 Å². The van der Waals surface area contributed by atoms with Gasteiger partial charge in [-0.1, -0.05) is 18.2 Å². The Labute approximate surface area is 100 Å². The molecule has 1 aromatic carbocycles. The van der Waals surface area contributed by atoms with E-state index in [1.807, 2.05) is 0 Å². The molecule has 0 saturated carbocycles. The van der Waals surface area contributed by atoms with Crippen molar-refractivity contribution in [3.05, 3.63) is 46.2 Å². The van der Waals surface area contributed by atoms with Crippen molar-refractivity contribution in [1.29, 1.82) is 0 Å². The Hall–Kier alpha value is -2.24. The van der Waals surface area contributed by atoms with Crippen molar-refractivity contribution in [2.75, 3.05) is 0 Å². The number of carbonyl (C=O) groups is 1. The first kappa shape index (κ1) is 12.2. The molecule has 1 heterocycles. The summed E-state index contributed by atoms with van der Waals surface area (Å²) in [5.74, 6) is -1.26. The smallest absolute Gasteiger partial charge is 0.336 e. The molecule has 0 bridgehead atoms. The van der Waals surface area contributed by atoms with E-state index >= 15 is 0 Å². The standard InChI is InChI=1S/C12H9F2NO3/c13-10(14)6-15-9-4-2-1-3-7(9)8(12(17)18)5-11(15)16/h1-5,10H,6H2,(H,17,18). The number of hydrogen-bond acceptors (Lipinski definition) is 2. The summed E-state index contributed by atoms with van der Waals surface area (Å²) < 4.78 is 25.7. The average Bonchev–Trinajstić information content (AvgIpc) is 2.31. The minimum absolute atomic E-state index is 0.180. The quantitative estimate of drug-likeness (QED) is 0.909. The first-order valence-electron chi connectivity index (χ1n) is 5.14. The molecule has 2 rings (SSSR count). The predicted octanol–water partition coefficient (Wildman–Crippen LogP) is 1.96. The normalized spacial score (nSPS) is 11.1. The summed E-state index contributed by atoms with van der Waals surface area (Å²) in [7, 11) is 0. The number of carboxylic acids is 1. The van der Waals surface area contributed by atoms with E-state index in [4.69, 9.17) is 5.11 Å². The zero-order valence-corrected chi connectivity index (χ0v) is 9.14. The Morgan fingerprint density at radius 3 is 2.61 bits per heavy atom. The van der Waals surface area contributed by atoms with Crippen LogP contribution < -0.4 is 5.56 Å². The Kier molecular flexibility index (Phi) is 3.10. The molecule has 6 heteroatoms. The van der Waals surface area contributed by atoms with Gasteiger partial charge in [-0.15, -0.1) is 0 Å². The van der Waals surface area contributed by atoms with E-state index in [2.05, 4.69) is 0 Å². The minimum Gasteiger partial charge on any atom is -0.478 e. The molecule has 0 aliphatic carbocycles. The lowest BCUT2D eigenvalue weighted by molar-refractivity contribution is 0.0698. The van der Waals surface area contributed by atoms with Gasteiger partial charge >= 0.3 is 5.97 Å². The van der Waals surface area contributed by atoms with Crippen molar-refractivity contribution in [1.82, 2.24) is 4.57 Å². The van der Waals surface area contributed by atoms with Gasteiger partial charge in [-0.05, 0) is 6.07 Å². The van der Waals surface area contributed by atoms with E-state index in [0.29, 0.717) is 0 Å². The maximum Gasteiger partial charge on any atom is 0.336 e. The summed E-state index contributed by atoms with van der Waals surface area (Å²) in [6.07, 6.45) is -2.68. The summed E-state index contributed by atoms with van der Waals surface area (Å²) >= 11 is 0. The molecule has 94 valence electrons. The second-order valence-corrected chi connectivity index (χ2v) is 3.72. The van der Waals surface area contributed by atoms with Crippen LogP contribution in [0.25, 0.3) is 10.9 Å². The molecule has 0 saturated heterocycles. The molecule has 4 nitrogen and oxygen atoms in total. The van der Waals surface area contributed by atoms with Gasteiger partial charge in [0.1, 0.15) is 0 Å². The second-order valence-electron chi connectivity index (χ2n) is 3.72. The van der Waals surface area contributed by atoms with Crippen LogP contribution in [0.2, 0.25) is 0 Å². The number of aromatic nitrogens is 1. The lowest BCUT2D eigenvalue weighted by Gasteiger charge is -2.11. The van der Waals surface area contributed by atoms with Crippen molar-refractivity contribution < 1.29 is 18.7 Å². The number of nitrogens with zero attached hydrogens (tertiary/aromatic N) is 1.